The van der Waals surface area contributed by atoms with Crippen molar-refractivity contribution in [2.45, 2.75) is 52.5 Å². The summed E-state index contributed by atoms with van der Waals surface area (Å²) in [6.07, 6.45) is 2.39. The van der Waals surface area contributed by atoms with Crippen LogP contribution >= 0.6 is 0 Å². The average Bonchev–Trinajstić information content (AvgIpc) is 3.19. The number of hydrazine groups is 1. The van der Waals surface area contributed by atoms with E-state index >= 15 is 0 Å². The molecule has 1 aliphatic carbocycles. The Kier molecular flexibility index (Phi) is 4.24. The van der Waals surface area contributed by atoms with Gasteiger partial charge < -0.3 is 10.3 Å². The normalized spacial score (nSPS) is 15.1. The van der Waals surface area contributed by atoms with Gasteiger partial charge in [0.2, 0.25) is 0 Å². The molecule has 0 spiro atoms. The lowest BCUT2D eigenvalue weighted by atomic mass is 10.2. The lowest BCUT2D eigenvalue weighted by Gasteiger charge is -2.30. The fraction of sp³-hybridized carbons (Fsp3) is 0.714. The second-order valence-corrected chi connectivity index (χ2v) is 6.03. The first kappa shape index (κ1) is 14.1. The molecule has 0 bridgehead atoms. The lowest BCUT2D eigenvalue weighted by Crippen LogP contribution is -2.35. The van der Waals surface area contributed by atoms with E-state index < -0.39 is 0 Å². The maximum absolute atomic E-state index is 5.53. The van der Waals surface area contributed by atoms with Gasteiger partial charge in [-0.25, -0.2) is 15.8 Å². The molecule has 106 valence electrons. The number of anilines is 2. The van der Waals surface area contributed by atoms with Gasteiger partial charge in [0, 0.05) is 24.6 Å². The Hall–Kier alpha value is -1.36. The maximum Gasteiger partial charge on any atom is 0.145 e. The molecule has 0 saturated heterocycles. The smallest absolute Gasteiger partial charge is 0.145 e. The fourth-order valence-corrected chi connectivity index (χ4v) is 2.16. The molecule has 5 heteroatoms. The van der Waals surface area contributed by atoms with Crippen LogP contribution in [-0.4, -0.2) is 22.6 Å². The van der Waals surface area contributed by atoms with Crippen LogP contribution in [-0.2, 0) is 0 Å². The van der Waals surface area contributed by atoms with Crippen LogP contribution in [0.5, 0.6) is 0 Å². The Morgan fingerprint density at radius 3 is 2.47 bits per heavy atom. The van der Waals surface area contributed by atoms with E-state index in [2.05, 4.69) is 43.0 Å². The first-order valence-corrected chi connectivity index (χ1v) is 7.13. The highest BCUT2D eigenvalue weighted by atomic mass is 15.3. The van der Waals surface area contributed by atoms with Crippen molar-refractivity contribution >= 4 is 11.6 Å². The zero-order valence-electron chi connectivity index (χ0n) is 12.3. The van der Waals surface area contributed by atoms with E-state index in [-0.39, 0.29) is 0 Å². The highest BCUT2D eigenvalue weighted by Crippen LogP contribution is 2.39. The maximum atomic E-state index is 5.53. The summed E-state index contributed by atoms with van der Waals surface area (Å²) in [5.74, 6) is 9.27. The number of nitrogens with one attached hydrogen (secondary N) is 1. The van der Waals surface area contributed by atoms with E-state index in [4.69, 9.17) is 10.8 Å². The van der Waals surface area contributed by atoms with Gasteiger partial charge in [-0.2, -0.15) is 0 Å². The van der Waals surface area contributed by atoms with Crippen molar-refractivity contribution in [3.8, 4) is 0 Å². The largest absolute Gasteiger partial charge is 0.354 e. The van der Waals surface area contributed by atoms with Crippen molar-refractivity contribution in [1.29, 1.82) is 0 Å². The van der Waals surface area contributed by atoms with Gasteiger partial charge in [-0.15, -0.1) is 0 Å². The minimum atomic E-state index is 0.412. The summed E-state index contributed by atoms with van der Waals surface area (Å²) in [5, 5.41) is 0. The van der Waals surface area contributed by atoms with Gasteiger partial charge in [0.1, 0.15) is 17.5 Å². The third-order valence-corrected chi connectivity index (χ3v) is 3.30. The van der Waals surface area contributed by atoms with Gasteiger partial charge in [0.25, 0.3) is 0 Å². The van der Waals surface area contributed by atoms with Crippen LogP contribution in [0.1, 0.15) is 52.3 Å². The minimum absolute atomic E-state index is 0.412. The van der Waals surface area contributed by atoms with Crippen LogP contribution in [0, 0.1) is 5.92 Å². The predicted molar refractivity (Wildman–Crippen MR) is 79.1 cm³/mol. The van der Waals surface area contributed by atoms with Crippen LogP contribution in [0.15, 0.2) is 6.07 Å². The third kappa shape index (κ3) is 3.56. The van der Waals surface area contributed by atoms with E-state index in [1.54, 1.807) is 0 Å². The quantitative estimate of drug-likeness (QED) is 0.610. The molecule has 1 aliphatic rings. The van der Waals surface area contributed by atoms with Crippen molar-refractivity contribution in [3.63, 3.8) is 0 Å². The molecule has 19 heavy (non-hydrogen) atoms. The van der Waals surface area contributed by atoms with E-state index in [1.165, 1.54) is 12.8 Å². The summed E-state index contributed by atoms with van der Waals surface area (Å²) >= 11 is 0. The minimum Gasteiger partial charge on any atom is -0.354 e. The molecule has 0 aliphatic heterocycles. The summed E-state index contributed by atoms with van der Waals surface area (Å²) in [6, 6.07) is 2.35. The predicted octanol–water partition coefficient (Wildman–Crippen LogP) is 2.51. The Morgan fingerprint density at radius 1 is 1.32 bits per heavy atom. The summed E-state index contributed by atoms with van der Waals surface area (Å²) < 4.78 is 0. The lowest BCUT2D eigenvalue weighted by molar-refractivity contribution is 0.564. The molecule has 0 amide bonds. The zero-order chi connectivity index (χ0) is 14.0. The van der Waals surface area contributed by atoms with Crippen LogP contribution < -0.4 is 16.2 Å². The first-order chi connectivity index (χ1) is 9.01. The number of hydrogen-bond acceptors (Lipinski definition) is 5. The van der Waals surface area contributed by atoms with Crippen molar-refractivity contribution < 1.29 is 0 Å². The van der Waals surface area contributed by atoms with Gasteiger partial charge >= 0.3 is 0 Å². The molecule has 0 atom stereocenters. The van der Waals surface area contributed by atoms with Crippen LogP contribution in [0.25, 0.3) is 0 Å². The molecule has 1 aromatic heterocycles. The molecule has 0 aromatic carbocycles. The monoisotopic (exact) mass is 263 g/mol. The van der Waals surface area contributed by atoms with Crippen molar-refractivity contribution in [3.05, 3.63) is 11.9 Å². The number of nitrogens with zero attached hydrogens (tertiary/aromatic N) is 3. The molecule has 2 rings (SSSR count). The second kappa shape index (κ2) is 5.74. The van der Waals surface area contributed by atoms with Gasteiger partial charge in [-0.1, -0.05) is 13.8 Å². The van der Waals surface area contributed by atoms with E-state index in [0.717, 1.165) is 18.2 Å². The van der Waals surface area contributed by atoms with Crippen LogP contribution in [0.4, 0.5) is 11.6 Å². The van der Waals surface area contributed by atoms with E-state index in [0.29, 0.717) is 23.7 Å². The van der Waals surface area contributed by atoms with Crippen molar-refractivity contribution in [1.82, 2.24) is 9.97 Å². The Labute approximate surface area is 115 Å². The van der Waals surface area contributed by atoms with Gasteiger partial charge in [0.15, 0.2) is 0 Å². The number of nitrogen functional groups attached to an aromatic ring is 1. The van der Waals surface area contributed by atoms with E-state index in [9.17, 15) is 0 Å². The Morgan fingerprint density at radius 2 is 2.00 bits per heavy atom. The van der Waals surface area contributed by atoms with Crippen LogP contribution in [0.2, 0.25) is 0 Å². The highest BCUT2D eigenvalue weighted by Gasteiger charge is 2.28. The SMILES string of the molecule is CC(C)CN(c1cc(NN)nc(C2CC2)n1)C(C)C. The topological polar surface area (TPSA) is 67.1 Å². The molecule has 1 fully saturated rings. The number of hydrogen-bond donors (Lipinski definition) is 2. The van der Waals surface area contributed by atoms with Crippen molar-refractivity contribution in [2.75, 3.05) is 16.9 Å². The zero-order valence-corrected chi connectivity index (χ0v) is 12.3. The van der Waals surface area contributed by atoms with Gasteiger partial charge in [-0.3, -0.25) is 0 Å². The summed E-state index contributed by atoms with van der Waals surface area (Å²) in [5.41, 5.74) is 2.66. The molecule has 0 radical (unpaired) electrons. The first-order valence-electron chi connectivity index (χ1n) is 7.13. The Balaban J connectivity index is 2.31. The standard InChI is InChI=1S/C14H25N5/c1-9(2)8-19(10(3)4)13-7-12(18-15)16-14(17-13)11-5-6-11/h7,9-11H,5-6,8,15H2,1-4H3,(H,16,17,18). The molecule has 3 N–H and O–H groups in total. The van der Waals surface area contributed by atoms with Crippen molar-refractivity contribution in [2.24, 2.45) is 11.8 Å². The average molecular weight is 263 g/mol. The number of aromatic nitrogens is 2. The van der Waals surface area contributed by atoms with Gasteiger partial charge in [0.05, 0.1) is 0 Å². The highest BCUT2D eigenvalue weighted by molar-refractivity contribution is 5.50. The molecule has 1 saturated carbocycles. The molecular weight excluding hydrogens is 238 g/mol. The molecule has 5 nitrogen and oxygen atoms in total. The summed E-state index contributed by atoms with van der Waals surface area (Å²) in [7, 11) is 0. The molecule has 1 heterocycles. The van der Waals surface area contributed by atoms with E-state index in [1.807, 2.05) is 6.07 Å². The number of rotatable bonds is 6. The summed E-state index contributed by atoms with van der Waals surface area (Å²) in [4.78, 5) is 11.5. The van der Waals surface area contributed by atoms with Crippen LogP contribution in [0.3, 0.4) is 0 Å². The Bertz CT molecular complexity index is 426. The number of nitrogens with two attached hydrogens (primary N) is 1. The molecule has 1 aromatic rings. The van der Waals surface area contributed by atoms with Gasteiger partial charge in [-0.05, 0) is 32.6 Å². The third-order valence-electron chi connectivity index (χ3n) is 3.30. The molecule has 0 unspecified atom stereocenters. The second-order valence-electron chi connectivity index (χ2n) is 6.03. The fourth-order valence-electron chi connectivity index (χ4n) is 2.16. The molecular formula is C14H25N5. The summed E-state index contributed by atoms with van der Waals surface area (Å²) in [6.45, 7) is 9.82.